The zero-order valence-corrected chi connectivity index (χ0v) is 11.7. The minimum absolute atomic E-state index is 0.359. The van der Waals surface area contributed by atoms with Crippen LogP contribution < -0.4 is 4.98 Å². The first-order valence-corrected chi connectivity index (χ1v) is 7.17. The quantitative estimate of drug-likeness (QED) is 0.641. The molecule has 0 spiro atoms. The highest BCUT2D eigenvalue weighted by atomic mass is 28.3. The second kappa shape index (κ2) is 5.91. The van der Waals surface area contributed by atoms with Crippen molar-refractivity contribution < 1.29 is 4.12 Å². The van der Waals surface area contributed by atoms with Crippen molar-refractivity contribution in [3.05, 3.63) is 0 Å². The fourth-order valence-electron chi connectivity index (χ4n) is 2.02. The molecule has 0 heterocycles. The van der Waals surface area contributed by atoms with Crippen molar-refractivity contribution in [3.63, 3.8) is 0 Å². The fourth-order valence-corrected chi connectivity index (χ4v) is 3.28. The molecule has 0 aliphatic heterocycles. The standard InChI is InChI=1S/C8H21NOSi2/c1-7(9-12-10-11)8-5-3-2-4-6-8/h7-9H,2-6,12H2,1,11H3. The molecule has 0 amide bonds. The third-order valence-corrected chi connectivity index (χ3v) is 4.87. The third kappa shape index (κ3) is 3.39. The number of hydrogen-bond donors (Lipinski definition) is 1. The van der Waals surface area contributed by atoms with Crippen LogP contribution in [0.3, 0.4) is 0 Å². The molecule has 1 fully saturated rings. The molecular weight excluding hydrogens is 182 g/mol. The van der Waals surface area contributed by atoms with Crippen molar-refractivity contribution in [1.29, 1.82) is 0 Å². The lowest BCUT2D eigenvalue weighted by molar-refractivity contribution is 0.301. The lowest BCUT2D eigenvalue weighted by Gasteiger charge is -2.28. The van der Waals surface area contributed by atoms with Crippen LogP contribution in [0.4, 0.5) is 0 Å². The Morgan fingerprint density at radius 2 is 2.08 bits per heavy atom. The lowest BCUT2D eigenvalue weighted by atomic mass is 9.85. The van der Waals surface area contributed by atoms with Crippen molar-refractivity contribution in [2.45, 2.75) is 45.1 Å². The Balaban J connectivity index is 2.15. The molecule has 2 nitrogen and oxygen atoms in total. The Labute approximate surface area is 81.0 Å². The van der Waals surface area contributed by atoms with Crippen molar-refractivity contribution >= 4 is 20.4 Å². The van der Waals surface area contributed by atoms with E-state index in [0.29, 0.717) is 6.04 Å². The van der Waals surface area contributed by atoms with Crippen LogP contribution in [0.2, 0.25) is 0 Å². The Kier molecular flexibility index (Phi) is 5.14. The van der Waals surface area contributed by atoms with Crippen LogP contribution >= 0.6 is 0 Å². The van der Waals surface area contributed by atoms with Crippen LogP contribution in [0.5, 0.6) is 0 Å². The monoisotopic (exact) mass is 203 g/mol. The summed E-state index contributed by atoms with van der Waals surface area (Å²) in [6.07, 6.45) is 7.21. The van der Waals surface area contributed by atoms with E-state index in [9.17, 15) is 0 Å². The van der Waals surface area contributed by atoms with Crippen LogP contribution in [-0.2, 0) is 4.12 Å². The van der Waals surface area contributed by atoms with Crippen LogP contribution in [0.25, 0.3) is 0 Å². The van der Waals surface area contributed by atoms with Crippen molar-refractivity contribution in [3.8, 4) is 0 Å². The maximum absolute atomic E-state index is 5.27. The van der Waals surface area contributed by atoms with E-state index in [-0.39, 0.29) is 9.92 Å². The summed E-state index contributed by atoms with van der Waals surface area (Å²) < 4.78 is 5.27. The minimum atomic E-state index is -0.359. The highest BCUT2D eigenvalue weighted by Gasteiger charge is 2.18. The van der Waals surface area contributed by atoms with Gasteiger partial charge in [-0.05, 0) is 18.8 Å². The first-order chi connectivity index (χ1) is 5.84. The largest absolute Gasteiger partial charge is 0.457 e. The molecule has 1 aliphatic rings. The van der Waals surface area contributed by atoms with E-state index in [2.05, 4.69) is 11.9 Å². The van der Waals surface area contributed by atoms with E-state index in [0.717, 1.165) is 16.4 Å². The van der Waals surface area contributed by atoms with Gasteiger partial charge in [0, 0.05) is 6.04 Å². The van der Waals surface area contributed by atoms with Gasteiger partial charge in [-0.2, -0.15) is 0 Å². The first kappa shape index (κ1) is 10.4. The molecular formula is C8H21NOSi2. The molecule has 0 radical (unpaired) electrons. The minimum Gasteiger partial charge on any atom is -0.457 e. The molecule has 4 heteroatoms. The maximum atomic E-state index is 5.27. The van der Waals surface area contributed by atoms with Gasteiger partial charge in [0.2, 0.25) is 9.92 Å². The Bertz CT molecular complexity index is 118. The van der Waals surface area contributed by atoms with E-state index < -0.39 is 0 Å². The van der Waals surface area contributed by atoms with Gasteiger partial charge in [-0.25, -0.2) is 0 Å². The molecule has 0 aromatic heterocycles. The highest BCUT2D eigenvalue weighted by Crippen LogP contribution is 2.25. The van der Waals surface area contributed by atoms with Crippen molar-refractivity contribution in [2.75, 3.05) is 0 Å². The Hall–Kier alpha value is 0.354. The maximum Gasteiger partial charge on any atom is 0.224 e. The summed E-state index contributed by atoms with van der Waals surface area (Å²) in [5.74, 6) is 0.933. The van der Waals surface area contributed by atoms with Gasteiger partial charge in [-0.1, -0.05) is 26.2 Å². The van der Waals surface area contributed by atoms with Gasteiger partial charge in [0.15, 0.2) is 0 Å². The molecule has 1 aliphatic carbocycles. The van der Waals surface area contributed by atoms with Gasteiger partial charge >= 0.3 is 0 Å². The smallest absolute Gasteiger partial charge is 0.224 e. The van der Waals surface area contributed by atoms with Gasteiger partial charge in [0.05, 0.1) is 0 Å². The summed E-state index contributed by atoms with van der Waals surface area (Å²) >= 11 is 0. The van der Waals surface area contributed by atoms with Gasteiger partial charge in [-0.3, -0.25) is 0 Å². The van der Waals surface area contributed by atoms with Gasteiger partial charge in [-0.15, -0.1) is 0 Å². The van der Waals surface area contributed by atoms with E-state index in [1.807, 2.05) is 0 Å². The van der Waals surface area contributed by atoms with Crippen LogP contribution in [0.15, 0.2) is 0 Å². The predicted octanol–water partition coefficient (Wildman–Crippen LogP) is -0.159. The summed E-state index contributed by atoms with van der Waals surface area (Å²) in [6, 6.07) is 0.714. The zero-order chi connectivity index (χ0) is 8.81. The van der Waals surface area contributed by atoms with Crippen molar-refractivity contribution in [1.82, 2.24) is 4.98 Å². The number of rotatable bonds is 4. The normalized spacial score (nSPS) is 23.8. The second-order valence-corrected chi connectivity index (χ2v) is 6.83. The topological polar surface area (TPSA) is 21.3 Å². The van der Waals surface area contributed by atoms with Gasteiger partial charge < -0.3 is 9.10 Å². The summed E-state index contributed by atoms with van der Waals surface area (Å²) in [4.78, 5) is 3.55. The van der Waals surface area contributed by atoms with Crippen LogP contribution in [0, 0.1) is 5.92 Å². The summed E-state index contributed by atoms with van der Waals surface area (Å²) in [7, 11) is 0.549. The highest BCUT2D eigenvalue weighted by molar-refractivity contribution is 6.31. The fraction of sp³-hybridized carbons (Fsp3) is 1.00. The number of hydrogen-bond acceptors (Lipinski definition) is 2. The third-order valence-electron chi connectivity index (χ3n) is 2.91. The molecule has 0 aromatic rings. The van der Waals surface area contributed by atoms with Gasteiger partial charge in [0.25, 0.3) is 0 Å². The van der Waals surface area contributed by atoms with E-state index in [1.54, 1.807) is 0 Å². The van der Waals surface area contributed by atoms with E-state index in [1.165, 1.54) is 32.1 Å². The second-order valence-electron chi connectivity index (χ2n) is 3.82. The Morgan fingerprint density at radius 3 is 2.67 bits per heavy atom. The van der Waals surface area contributed by atoms with E-state index in [4.69, 9.17) is 4.12 Å². The first-order valence-electron chi connectivity index (χ1n) is 5.07. The van der Waals surface area contributed by atoms with Crippen LogP contribution in [0.1, 0.15) is 39.0 Å². The Morgan fingerprint density at radius 1 is 1.42 bits per heavy atom. The predicted molar refractivity (Wildman–Crippen MR) is 58.7 cm³/mol. The summed E-state index contributed by atoms with van der Waals surface area (Å²) in [5, 5.41) is 0. The molecule has 12 heavy (non-hydrogen) atoms. The molecule has 1 saturated carbocycles. The molecule has 0 bridgehead atoms. The van der Waals surface area contributed by atoms with E-state index >= 15 is 0 Å². The summed E-state index contributed by atoms with van der Waals surface area (Å²) in [5.41, 5.74) is 0. The molecule has 0 aromatic carbocycles. The molecule has 0 saturated heterocycles. The molecule has 1 rings (SSSR count). The lowest BCUT2D eigenvalue weighted by Crippen LogP contribution is -2.37. The average molecular weight is 203 g/mol. The molecule has 1 atom stereocenters. The molecule has 1 N–H and O–H groups in total. The van der Waals surface area contributed by atoms with Gasteiger partial charge in [0.1, 0.15) is 10.5 Å². The zero-order valence-electron chi connectivity index (χ0n) is 8.31. The van der Waals surface area contributed by atoms with Crippen molar-refractivity contribution in [2.24, 2.45) is 5.92 Å². The molecule has 1 unspecified atom stereocenters. The number of nitrogens with one attached hydrogen (secondary N) is 1. The average Bonchev–Trinajstić information content (AvgIpc) is 2.15. The molecule has 72 valence electrons. The SMILES string of the molecule is CC(N[SiH2]O[SiH3])C1CCCCC1. The van der Waals surface area contributed by atoms with Crippen LogP contribution in [-0.4, -0.2) is 26.5 Å². The summed E-state index contributed by atoms with van der Waals surface area (Å²) in [6.45, 7) is 2.32.